The molecule has 0 aromatic heterocycles. The van der Waals surface area contributed by atoms with Crippen molar-refractivity contribution >= 4 is 0 Å². The molecule has 0 amide bonds. The van der Waals surface area contributed by atoms with E-state index in [0.717, 1.165) is 6.61 Å². The lowest BCUT2D eigenvalue weighted by Gasteiger charge is -2.24. The topological polar surface area (TPSA) is 12.5 Å². The van der Waals surface area contributed by atoms with Gasteiger partial charge in [0.1, 0.15) is 0 Å². The van der Waals surface area contributed by atoms with Gasteiger partial charge in [-0.1, -0.05) is 13.8 Å². The van der Waals surface area contributed by atoms with Crippen molar-refractivity contribution in [1.29, 1.82) is 0 Å². The van der Waals surface area contributed by atoms with E-state index >= 15 is 0 Å². The van der Waals surface area contributed by atoms with Crippen LogP contribution in [0.15, 0.2) is 0 Å². The van der Waals surface area contributed by atoms with Crippen molar-refractivity contribution in [1.82, 2.24) is 4.90 Å². The van der Waals surface area contributed by atoms with Gasteiger partial charge in [-0.2, -0.15) is 0 Å². The van der Waals surface area contributed by atoms with E-state index in [1.807, 2.05) is 20.8 Å². The normalized spacial score (nSPS) is 15.0. The quantitative estimate of drug-likeness (QED) is 0.583. The Morgan fingerprint density at radius 1 is 1.27 bits per heavy atom. The number of likely N-dealkylation sites (tertiary alicyclic amines) is 1. The van der Waals surface area contributed by atoms with E-state index < -0.39 is 0 Å². The maximum absolute atomic E-state index is 4.54. The summed E-state index contributed by atoms with van der Waals surface area (Å²) in [6.45, 7) is 9.42. The molecule has 0 spiro atoms. The van der Waals surface area contributed by atoms with Crippen molar-refractivity contribution in [3.05, 3.63) is 0 Å². The highest BCUT2D eigenvalue weighted by Gasteiger charge is 2.04. The summed E-state index contributed by atoms with van der Waals surface area (Å²) in [7, 11) is 3.82. The van der Waals surface area contributed by atoms with Gasteiger partial charge in [0.05, 0.1) is 0 Å². The monoisotopic (exact) mass is 161 g/mol. The minimum absolute atomic E-state index is 0.819. The van der Waals surface area contributed by atoms with Crippen LogP contribution in [0.5, 0.6) is 0 Å². The number of hydrogen-bond acceptors (Lipinski definition) is 2. The van der Waals surface area contributed by atoms with E-state index in [1.165, 1.54) is 19.5 Å². The molecule has 70 valence electrons. The predicted molar refractivity (Wildman–Crippen MR) is 51.0 cm³/mol. The first-order valence-electron chi connectivity index (χ1n) is 4.48. The van der Waals surface area contributed by atoms with Crippen molar-refractivity contribution in [2.24, 2.45) is 0 Å². The van der Waals surface area contributed by atoms with Crippen LogP contribution in [0.3, 0.4) is 0 Å². The van der Waals surface area contributed by atoms with Crippen LogP contribution in [0.2, 0.25) is 0 Å². The molecule has 2 nitrogen and oxygen atoms in total. The molecule has 0 bridgehead atoms. The third-order valence-electron chi connectivity index (χ3n) is 1.37. The molecular weight excluding hydrogens is 138 g/mol. The molecule has 0 N–H and O–H groups in total. The SMILES string of the molecule is CC.CCOC.CN1CCC1. The summed E-state index contributed by atoms with van der Waals surface area (Å²) < 4.78 is 4.54. The molecule has 1 saturated heterocycles. The van der Waals surface area contributed by atoms with Crippen LogP contribution in [0.1, 0.15) is 27.2 Å². The van der Waals surface area contributed by atoms with Crippen LogP contribution in [0, 0.1) is 0 Å². The van der Waals surface area contributed by atoms with Crippen LogP contribution < -0.4 is 0 Å². The molecule has 1 aliphatic rings. The van der Waals surface area contributed by atoms with E-state index in [2.05, 4.69) is 16.7 Å². The number of methoxy groups -OCH3 is 1. The smallest absolute Gasteiger partial charge is 0.0433 e. The Hall–Kier alpha value is -0.0800. The summed E-state index contributed by atoms with van der Waals surface area (Å²) in [6, 6.07) is 0. The first-order valence-corrected chi connectivity index (χ1v) is 4.48. The third-order valence-corrected chi connectivity index (χ3v) is 1.37. The second-order valence-electron chi connectivity index (χ2n) is 2.23. The van der Waals surface area contributed by atoms with Gasteiger partial charge in [0, 0.05) is 13.7 Å². The van der Waals surface area contributed by atoms with Gasteiger partial charge in [0.15, 0.2) is 0 Å². The summed E-state index contributed by atoms with van der Waals surface area (Å²) >= 11 is 0. The Bertz CT molecular complexity index is 51.5. The Labute approximate surface area is 71.5 Å². The largest absolute Gasteiger partial charge is 0.385 e. The molecule has 1 rings (SSSR count). The van der Waals surface area contributed by atoms with Gasteiger partial charge in [0.25, 0.3) is 0 Å². The van der Waals surface area contributed by atoms with Gasteiger partial charge < -0.3 is 9.64 Å². The third kappa shape index (κ3) is 13.0. The Morgan fingerprint density at radius 3 is 1.55 bits per heavy atom. The minimum atomic E-state index is 0.819. The average molecular weight is 161 g/mol. The fourth-order valence-electron chi connectivity index (χ4n) is 0.474. The molecule has 1 aliphatic heterocycles. The first-order chi connectivity index (χ1) is 5.31. The molecule has 1 heterocycles. The van der Waals surface area contributed by atoms with Gasteiger partial charge in [0.2, 0.25) is 0 Å². The number of rotatable bonds is 1. The first kappa shape index (κ1) is 13.5. The zero-order valence-corrected chi connectivity index (χ0v) is 8.68. The number of hydrogen-bond donors (Lipinski definition) is 0. The van der Waals surface area contributed by atoms with Crippen molar-refractivity contribution in [3.8, 4) is 0 Å². The van der Waals surface area contributed by atoms with Crippen molar-refractivity contribution in [2.45, 2.75) is 27.2 Å². The van der Waals surface area contributed by atoms with Crippen molar-refractivity contribution < 1.29 is 4.74 Å². The van der Waals surface area contributed by atoms with E-state index in [0.29, 0.717) is 0 Å². The van der Waals surface area contributed by atoms with E-state index in [1.54, 1.807) is 7.11 Å². The zero-order valence-electron chi connectivity index (χ0n) is 8.68. The van der Waals surface area contributed by atoms with Gasteiger partial charge in [-0.25, -0.2) is 0 Å². The van der Waals surface area contributed by atoms with E-state index in [4.69, 9.17) is 0 Å². The molecule has 0 unspecified atom stereocenters. The van der Waals surface area contributed by atoms with Crippen LogP contribution in [-0.4, -0.2) is 38.8 Å². The molecule has 1 fully saturated rings. The predicted octanol–water partition coefficient (Wildman–Crippen LogP) is 2.00. The molecule has 0 aromatic rings. The van der Waals surface area contributed by atoms with Crippen molar-refractivity contribution in [3.63, 3.8) is 0 Å². The second-order valence-corrected chi connectivity index (χ2v) is 2.23. The summed E-state index contributed by atoms with van der Waals surface area (Å²) in [5.41, 5.74) is 0. The average Bonchev–Trinajstić information content (AvgIpc) is 2.05. The van der Waals surface area contributed by atoms with E-state index in [9.17, 15) is 0 Å². The summed E-state index contributed by atoms with van der Waals surface area (Å²) in [6.07, 6.45) is 1.41. The molecule has 11 heavy (non-hydrogen) atoms. The Balaban J connectivity index is 0. The molecule has 0 aliphatic carbocycles. The lowest BCUT2D eigenvalue weighted by molar-refractivity contribution is 0.215. The highest BCUT2D eigenvalue weighted by molar-refractivity contribution is 4.61. The molecule has 0 radical (unpaired) electrons. The van der Waals surface area contributed by atoms with Gasteiger partial charge >= 0.3 is 0 Å². The van der Waals surface area contributed by atoms with E-state index in [-0.39, 0.29) is 0 Å². The highest BCUT2D eigenvalue weighted by atomic mass is 16.5. The lowest BCUT2D eigenvalue weighted by Crippen LogP contribution is -2.32. The fourth-order valence-corrected chi connectivity index (χ4v) is 0.474. The summed E-state index contributed by atoms with van der Waals surface area (Å²) in [4.78, 5) is 2.31. The summed E-state index contributed by atoms with van der Waals surface area (Å²) in [5.74, 6) is 0. The number of ether oxygens (including phenoxy) is 1. The highest BCUT2D eigenvalue weighted by Crippen LogP contribution is 1.98. The van der Waals surface area contributed by atoms with Crippen molar-refractivity contribution in [2.75, 3.05) is 33.9 Å². The van der Waals surface area contributed by atoms with Crippen LogP contribution >= 0.6 is 0 Å². The number of nitrogens with zero attached hydrogens (tertiary/aromatic N) is 1. The minimum Gasteiger partial charge on any atom is -0.385 e. The molecule has 0 atom stereocenters. The standard InChI is InChI=1S/C4H9N.C3H8O.C2H6/c1-5-3-2-4-5;1-3-4-2;1-2/h2-4H2,1H3;3H2,1-2H3;1-2H3. The lowest BCUT2D eigenvalue weighted by atomic mass is 10.3. The van der Waals surface area contributed by atoms with Gasteiger partial charge in [-0.3, -0.25) is 0 Å². The maximum atomic E-state index is 4.54. The second kappa shape index (κ2) is 12.6. The molecule has 2 heteroatoms. The van der Waals surface area contributed by atoms with Gasteiger partial charge in [-0.05, 0) is 33.5 Å². The Morgan fingerprint density at radius 2 is 1.55 bits per heavy atom. The fraction of sp³-hybridized carbons (Fsp3) is 1.00. The Kier molecular flexibility index (Phi) is 15.4. The molecular formula is C9H23NO. The summed E-state index contributed by atoms with van der Waals surface area (Å²) in [5, 5.41) is 0. The molecule has 0 saturated carbocycles. The maximum Gasteiger partial charge on any atom is 0.0433 e. The van der Waals surface area contributed by atoms with Crippen LogP contribution in [0.25, 0.3) is 0 Å². The van der Waals surface area contributed by atoms with Crippen LogP contribution in [-0.2, 0) is 4.74 Å². The zero-order chi connectivity index (χ0) is 9.11. The van der Waals surface area contributed by atoms with Gasteiger partial charge in [-0.15, -0.1) is 0 Å². The van der Waals surface area contributed by atoms with Crippen LogP contribution in [0.4, 0.5) is 0 Å². The molecule has 0 aromatic carbocycles.